The average molecular weight is 363 g/mol. The van der Waals surface area contributed by atoms with Gasteiger partial charge in [0.2, 0.25) is 0 Å². The molecule has 0 unspecified atom stereocenters. The molecule has 0 atom stereocenters. The zero-order valence-electron chi connectivity index (χ0n) is 15.5. The van der Waals surface area contributed by atoms with Gasteiger partial charge in [0.15, 0.2) is 0 Å². The molecule has 0 aromatic heterocycles. The van der Waals surface area contributed by atoms with Gasteiger partial charge in [0, 0.05) is 19.6 Å². The van der Waals surface area contributed by atoms with E-state index in [1.165, 1.54) is 15.9 Å². The van der Waals surface area contributed by atoms with Gasteiger partial charge in [-0.25, -0.2) is 0 Å². The first-order valence-electron chi connectivity index (χ1n) is 9.21. The minimum atomic E-state index is -1.71. The third-order valence-corrected chi connectivity index (χ3v) is 9.33. The SMILES string of the molecule is CN(CCN)CC[P+](c1ccccc1)(c1ccccc1)c1ccccc1. The van der Waals surface area contributed by atoms with Crippen LogP contribution < -0.4 is 21.6 Å². The number of rotatable bonds is 8. The summed E-state index contributed by atoms with van der Waals surface area (Å²) >= 11 is 0. The Morgan fingerprint density at radius 2 is 1.04 bits per heavy atom. The van der Waals surface area contributed by atoms with Crippen LogP contribution in [0, 0.1) is 0 Å². The van der Waals surface area contributed by atoms with Gasteiger partial charge < -0.3 is 10.6 Å². The molecule has 0 aliphatic carbocycles. The van der Waals surface area contributed by atoms with E-state index in [2.05, 4.69) is 103 Å². The van der Waals surface area contributed by atoms with Crippen LogP contribution in [0.4, 0.5) is 0 Å². The summed E-state index contributed by atoms with van der Waals surface area (Å²) in [7, 11) is 0.456. The van der Waals surface area contributed by atoms with E-state index < -0.39 is 7.26 Å². The molecule has 0 saturated carbocycles. The fourth-order valence-electron chi connectivity index (χ4n) is 3.53. The van der Waals surface area contributed by atoms with E-state index in [1.807, 2.05) is 0 Å². The van der Waals surface area contributed by atoms with Crippen LogP contribution in [0.2, 0.25) is 0 Å². The van der Waals surface area contributed by atoms with Crippen molar-refractivity contribution in [1.29, 1.82) is 0 Å². The summed E-state index contributed by atoms with van der Waals surface area (Å²) < 4.78 is 0. The smallest absolute Gasteiger partial charge is 0.113 e. The van der Waals surface area contributed by atoms with Gasteiger partial charge in [-0.3, -0.25) is 0 Å². The van der Waals surface area contributed by atoms with Crippen molar-refractivity contribution in [3.8, 4) is 0 Å². The second-order valence-corrected chi connectivity index (χ2v) is 10.2. The normalized spacial score (nSPS) is 11.7. The number of nitrogens with zero attached hydrogens (tertiary/aromatic N) is 1. The van der Waals surface area contributed by atoms with Crippen molar-refractivity contribution in [2.45, 2.75) is 0 Å². The van der Waals surface area contributed by atoms with E-state index >= 15 is 0 Å². The second kappa shape index (κ2) is 9.09. The highest BCUT2D eigenvalue weighted by molar-refractivity contribution is 7.95. The first kappa shape index (κ1) is 18.8. The predicted molar refractivity (Wildman–Crippen MR) is 117 cm³/mol. The number of benzene rings is 3. The van der Waals surface area contributed by atoms with Crippen molar-refractivity contribution in [3.05, 3.63) is 91.0 Å². The largest absolute Gasteiger partial charge is 0.329 e. The second-order valence-electron chi connectivity index (χ2n) is 6.63. The van der Waals surface area contributed by atoms with Crippen LogP contribution in [0.15, 0.2) is 91.0 Å². The molecule has 0 spiro atoms. The Balaban J connectivity index is 2.15. The highest BCUT2D eigenvalue weighted by atomic mass is 31.2. The molecule has 2 nitrogen and oxygen atoms in total. The molecule has 0 fully saturated rings. The lowest BCUT2D eigenvalue weighted by Crippen LogP contribution is -2.38. The van der Waals surface area contributed by atoms with Crippen LogP contribution >= 0.6 is 7.26 Å². The molecule has 3 aromatic rings. The molecule has 0 aliphatic rings. The molecular formula is C23H28N2P+. The fourth-order valence-corrected chi connectivity index (χ4v) is 7.89. The lowest BCUT2D eigenvalue weighted by Gasteiger charge is -2.29. The van der Waals surface area contributed by atoms with Gasteiger partial charge in [0.05, 0.1) is 6.16 Å². The van der Waals surface area contributed by atoms with Gasteiger partial charge in [-0.05, 0) is 43.4 Å². The summed E-state index contributed by atoms with van der Waals surface area (Å²) in [5, 5.41) is 4.33. The lowest BCUT2D eigenvalue weighted by molar-refractivity contribution is 0.365. The van der Waals surface area contributed by atoms with E-state index in [0.29, 0.717) is 6.54 Å². The average Bonchev–Trinajstić information content (AvgIpc) is 2.71. The van der Waals surface area contributed by atoms with Crippen LogP contribution in [0.1, 0.15) is 0 Å². The number of hydrogen-bond acceptors (Lipinski definition) is 2. The molecule has 0 aliphatic heterocycles. The third kappa shape index (κ3) is 4.04. The van der Waals surface area contributed by atoms with Crippen molar-refractivity contribution < 1.29 is 0 Å². The monoisotopic (exact) mass is 363 g/mol. The summed E-state index contributed by atoms with van der Waals surface area (Å²) in [6, 6.07) is 33.1. The zero-order chi connectivity index (χ0) is 18.2. The maximum absolute atomic E-state index is 5.77. The molecule has 2 N–H and O–H groups in total. The van der Waals surface area contributed by atoms with Crippen LogP contribution in [0.5, 0.6) is 0 Å². The molecule has 0 heterocycles. The standard InChI is InChI=1S/C23H28N2P/c1-25(18-17-24)19-20-26(21-11-5-2-6-12-21,22-13-7-3-8-14-22)23-15-9-4-10-16-23/h2-16H,17-20,24H2,1H3/q+1. The quantitative estimate of drug-likeness (QED) is 0.624. The molecule has 134 valence electrons. The van der Waals surface area contributed by atoms with E-state index in [-0.39, 0.29) is 0 Å². The summed E-state index contributed by atoms with van der Waals surface area (Å²) in [4.78, 5) is 2.35. The van der Waals surface area contributed by atoms with Crippen LogP contribution in [0.25, 0.3) is 0 Å². The van der Waals surface area contributed by atoms with E-state index in [4.69, 9.17) is 5.73 Å². The minimum absolute atomic E-state index is 0.698. The van der Waals surface area contributed by atoms with Gasteiger partial charge >= 0.3 is 0 Å². The summed E-state index contributed by atoms with van der Waals surface area (Å²) in [6.45, 7) is 2.66. The summed E-state index contributed by atoms with van der Waals surface area (Å²) in [5.41, 5.74) is 5.77. The van der Waals surface area contributed by atoms with E-state index in [1.54, 1.807) is 0 Å². The van der Waals surface area contributed by atoms with Gasteiger partial charge in [-0.1, -0.05) is 54.6 Å². The molecule has 3 aromatic carbocycles. The number of likely N-dealkylation sites (N-methyl/N-ethyl adjacent to an activating group) is 1. The summed E-state index contributed by atoms with van der Waals surface area (Å²) in [5.74, 6) is 0. The predicted octanol–water partition coefficient (Wildman–Crippen LogP) is 2.87. The van der Waals surface area contributed by atoms with Crippen molar-refractivity contribution in [2.24, 2.45) is 5.73 Å². The van der Waals surface area contributed by atoms with Crippen molar-refractivity contribution in [3.63, 3.8) is 0 Å². The number of hydrogen-bond donors (Lipinski definition) is 1. The fraction of sp³-hybridized carbons (Fsp3) is 0.217. The maximum atomic E-state index is 5.77. The topological polar surface area (TPSA) is 29.3 Å². The maximum Gasteiger partial charge on any atom is 0.113 e. The molecule has 3 heteroatoms. The molecule has 0 radical (unpaired) electrons. The zero-order valence-corrected chi connectivity index (χ0v) is 16.4. The lowest BCUT2D eigenvalue weighted by atomic mass is 10.4. The Hall–Kier alpha value is -1.99. The minimum Gasteiger partial charge on any atom is -0.329 e. The molecular weight excluding hydrogens is 335 g/mol. The molecule has 0 bridgehead atoms. The highest BCUT2D eigenvalue weighted by Crippen LogP contribution is 2.54. The molecule has 26 heavy (non-hydrogen) atoms. The van der Waals surface area contributed by atoms with Gasteiger partial charge in [0.25, 0.3) is 0 Å². The van der Waals surface area contributed by atoms with Crippen LogP contribution in [0.3, 0.4) is 0 Å². The van der Waals surface area contributed by atoms with Crippen molar-refractivity contribution in [2.75, 3.05) is 32.8 Å². The first-order valence-corrected chi connectivity index (χ1v) is 11.2. The van der Waals surface area contributed by atoms with Gasteiger partial charge in [-0.2, -0.15) is 0 Å². The molecule has 3 rings (SSSR count). The summed E-state index contributed by atoms with van der Waals surface area (Å²) in [6.07, 6.45) is 1.11. The Kier molecular flexibility index (Phi) is 6.57. The van der Waals surface area contributed by atoms with E-state index in [9.17, 15) is 0 Å². The van der Waals surface area contributed by atoms with Crippen LogP contribution in [-0.4, -0.2) is 37.7 Å². The molecule has 0 amide bonds. The Labute approximate surface area is 158 Å². The van der Waals surface area contributed by atoms with Crippen molar-refractivity contribution in [1.82, 2.24) is 4.90 Å². The number of nitrogens with two attached hydrogens (primary N) is 1. The van der Waals surface area contributed by atoms with E-state index in [0.717, 1.165) is 19.3 Å². The molecule has 0 saturated heterocycles. The Morgan fingerprint density at radius 1 is 0.654 bits per heavy atom. The van der Waals surface area contributed by atoms with Crippen molar-refractivity contribution >= 4 is 23.2 Å². The third-order valence-electron chi connectivity index (χ3n) is 4.92. The van der Waals surface area contributed by atoms with Crippen LogP contribution in [-0.2, 0) is 0 Å². The Morgan fingerprint density at radius 3 is 1.38 bits per heavy atom. The van der Waals surface area contributed by atoms with Gasteiger partial charge in [-0.15, -0.1) is 0 Å². The first-order chi connectivity index (χ1) is 12.8. The van der Waals surface area contributed by atoms with Gasteiger partial charge in [0.1, 0.15) is 23.2 Å². The highest BCUT2D eigenvalue weighted by Gasteiger charge is 2.44. The Bertz CT molecular complexity index is 678.